The Kier molecular flexibility index (Phi) is 4.49. The molecule has 2 aliphatic heterocycles. The van der Waals surface area contributed by atoms with E-state index in [1.54, 1.807) is 19.2 Å². The third-order valence-electron chi connectivity index (χ3n) is 5.33. The largest absolute Gasteiger partial charge is 0.496 e. The van der Waals surface area contributed by atoms with Crippen molar-refractivity contribution in [1.82, 2.24) is 0 Å². The van der Waals surface area contributed by atoms with Gasteiger partial charge in [0, 0.05) is 12.1 Å². The number of carbonyl (C=O) groups is 1. The Morgan fingerprint density at radius 3 is 2.32 bits per heavy atom. The lowest BCUT2D eigenvalue weighted by Gasteiger charge is -2.32. The minimum atomic E-state index is -0.437. The van der Waals surface area contributed by atoms with Gasteiger partial charge in [0.2, 0.25) is 0 Å². The summed E-state index contributed by atoms with van der Waals surface area (Å²) in [5, 5.41) is 0. The third-order valence-corrected chi connectivity index (χ3v) is 5.33. The predicted molar refractivity (Wildman–Crippen MR) is 93.8 cm³/mol. The fraction of sp³-hybridized carbons (Fsp3) is 0.611. The molecule has 0 spiro atoms. The van der Waals surface area contributed by atoms with Crippen LogP contribution in [0.4, 0.5) is 0 Å². The lowest BCUT2D eigenvalue weighted by Crippen LogP contribution is -2.41. The smallest absolute Gasteiger partial charge is 0.458 e. The van der Waals surface area contributed by atoms with Crippen LogP contribution >= 0.6 is 0 Å². The Labute approximate surface area is 148 Å². The summed E-state index contributed by atoms with van der Waals surface area (Å²) >= 11 is 0. The van der Waals surface area contributed by atoms with Crippen molar-refractivity contribution in [1.29, 1.82) is 0 Å². The van der Waals surface area contributed by atoms with E-state index in [2.05, 4.69) is 0 Å². The first-order valence-corrected chi connectivity index (χ1v) is 8.47. The van der Waals surface area contributed by atoms with Gasteiger partial charge in [0.15, 0.2) is 5.78 Å². The number of hydrogen-bond donors (Lipinski definition) is 0. The fourth-order valence-electron chi connectivity index (χ4n) is 3.14. The summed E-state index contributed by atoms with van der Waals surface area (Å²) in [5.41, 5.74) is -0.380. The molecule has 0 amide bonds. The van der Waals surface area contributed by atoms with Gasteiger partial charge >= 0.3 is 7.12 Å². The molecular formula is C18H25BO6. The van der Waals surface area contributed by atoms with Crippen LogP contribution in [0.5, 0.6) is 17.2 Å². The number of ether oxygens (including phenoxy) is 3. The summed E-state index contributed by atoms with van der Waals surface area (Å²) in [5.74, 6) is 1.18. The zero-order chi connectivity index (χ0) is 18.4. The second-order valence-electron chi connectivity index (χ2n) is 7.50. The SMILES string of the molecule is COc1cc(OC)c2c(c1)OCC(CB1OC(C)(C)C(C)(C)O1)C2=O. The van der Waals surface area contributed by atoms with Crippen molar-refractivity contribution in [2.24, 2.45) is 5.92 Å². The first-order chi connectivity index (χ1) is 11.7. The number of ketones is 1. The van der Waals surface area contributed by atoms with Gasteiger partial charge in [-0.2, -0.15) is 0 Å². The van der Waals surface area contributed by atoms with Crippen molar-refractivity contribution in [3.8, 4) is 17.2 Å². The molecule has 0 saturated carbocycles. The van der Waals surface area contributed by atoms with E-state index in [9.17, 15) is 4.79 Å². The van der Waals surface area contributed by atoms with E-state index in [0.29, 0.717) is 29.1 Å². The molecule has 1 unspecified atom stereocenters. The first kappa shape index (κ1) is 18.1. The minimum Gasteiger partial charge on any atom is -0.496 e. The van der Waals surface area contributed by atoms with Gasteiger partial charge in [-0.1, -0.05) is 0 Å². The van der Waals surface area contributed by atoms with E-state index in [0.717, 1.165) is 0 Å². The summed E-state index contributed by atoms with van der Waals surface area (Å²) in [7, 11) is 2.65. The molecule has 2 heterocycles. The predicted octanol–water partition coefficient (Wildman–Crippen LogP) is 2.99. The standard InChI is InChI=1S/C18H25BO6/c1-17(2)18(3,4)25-19(24-17)9-11-10-23-14-8-12(21-5)7-13(22-6)15(14)16(11)20/h7-8,11H,9-10H2,1-6H3. The normalized spacial score (nSPS) is 23.8. The molecular weight excluding hydrogens is 323 g/mol. The van der Waals surface area contributed by atoms with Crippen LogP contribution in [0, 0.1) is 5.92 Å². The summed E-state index contributed by atoms with van der Waals surface area (Å²) in [6, 6.07) is 3.40. The monoisotopic (exact) mass is 348 g/mol. The Hall–Kier alpha value is -1.73. The zero-order valence-electron chi connectivity index (χ0n) is 15.7. The lowest BCUT2D eigenvalue weighted by molar-refractivity contribution is 0.00578. The Bertz CT molecular complexity index is 651. The number of Topliss-reactive ketones (excluding diaryl/α,β-unsaturated/α-hetero) is 1. The van der Waals surface area contributed by atoms with Crippen LogP contribution in [0.15, 0.2) is 12.1 Å². The van der Waals surface area contributed by atoms with Crippen molar-refractivity contribution in [2.75, 3.05) is 20.8 Å². The van der Waals surface area contributed by atoms with Crippen LogP contribution in [0.1, 0.15) is 38.1 Å². The molecule has 1 fully saturated rings. The number of carbonyl (C=O) groups excluding carboxylic acids is 1. The zero-order valence-corrected chi connectivity index (χ0v) is 15.7. The van der Waals surface area contributed by atoms with Gasteiger partial charge in [-0.05, 0) is 34.0 Å². The van der Waals surface area contributed by atoms with E-state index < -0.39 is 18.3 Å². The number of methoxy groups -OCH3 is 2. The number of fused-ring (bicyclic) bond motifs is 1. The lowest BCUT2D eigenvalue weighted by atomic mass is 9.74. The van der Waals surface area contributed by atoms with Gasteiger partial charge in [-0.3, -0.25) is 4.79 Å². The third kappa shape index (κ3) is 3.11. The molecule has 0 aliphatic carbocycles. The van der Waals surface area contributed by atoms with Gasteiger partial charge in [-0.25, -0.2) is 0 Å². The molecule has 6 nitrogen and oxygen atoms in total. The van der Waals surface area contributed by atoms with E-state index in [-0.39, 0.29) is 18.3 Å². The molecule has 0 bridgehead atoms. The molecule has 7 heteroatoms. The van der Waals surface area contributed by atoms with Crippen molar-refractivity contribution in [2.45, 2.75) is 45.2 Å². The molecule has 1 aromatic rings. The number of hydrogen-bond acceptors (Lipinski definition) is 6. The molecule has 0 N–H and O–H groups in total. The molecule has 0 radical (unpaired) electrons. The topological polar surface area (TPSA) is 63.2 Å². The highest BCUT2D eigenvalue weighted by molar-refractivity contribution is 6.46. The molecule has 25 heavy (non-hydrogen) atoms. The second-order valence-corrected chi connectivity index (χ2v) is 7.50. The van der Waals surface area contributed by atoms with Gasteiger partial charge in [-0.15, -0.1) is 0 Å². The summed E-state index contributed by atoms with van der Waals surface area (Å²) in [4.78, 5) is 13.0. The second kappa shape index (κ2) is 6.22. The van der Waals surface area contributed by atoms with Crippen LogP contribution in [0.25, 0.3) is 0 Å². The van der Waals surface area contributed by atoms with Crippen LogP contribution in [-0.2, 0) is 9.31 Å². The van der Waals surface area contributed by atoms with Crippen LogP contribution in [0.2, 0.25) is 6.32 Å². The maximum Gasteiger partial charge on any atom is 0.458 e. The maximum absolute atomic E-state index is 13.0. The maximum atomic E-state index is 13.0. The minimum absolute atomic E-state index is 0.0181. The van der Waals surface area contributed by atoms with Crippen molar-refractivity contribution < 1.29 is 28.3 Å². The molecule has 1 aromatic carbocycles. The molecule has 0 aromatic heterocycles. The summed E-state index contributed by atoms with van der Waals surface area (Å²) < 4.78 is 28.4. The van der Waals surface area contributed by atoms with E-state index >= 15 is 0 Å². The van der Waals surface area contributed by atoms with Crippen LogP contribution < -0.4 is 14.2 Å². The summed E-state index contributed by atoms with van der Waals surface area (Å²) in [6.45, 7) is 8.27. The quantitative estimate of drug-likeness (QED) is 0.780. The molecule has 1 atom stereocenters. The van der Waals surface area contributed by atoms with Gasteiger partial charge in [0.05, 0.1) is 37.9 Å². The van der Waals surface area contributed by atoms with Crippen LogP contribution in [0.3, 0.4) is 0 Å². The number of benzene rings is 1. The van der Waals surface area contributed by atoms with Crippen molar-refractivity contribution >= 4 is 12.9 Å². The highest BCUT2D eigenvalue weighted by Crippen LogP contribution is 2.42. The van der Waals surface area contributed by atoms with Gasteiger partial charge in [0.25, 0.3) is 0 Å². The Morgan fingerprint density at radius 1 is 1.12 bits per heavy atom. The summed E-state index contributed by atoms with van der Waals surface area (Å²) in [6.07, 6.45) is 0.445. The van der Waals surface area contributed by atoms with E-state index in [1.165, 1.54) is 7.11 Å². The van der Waals surface area contributed by atoms with E-state index in [1.807, 2.05) is 27.7 Å². The highest BCUT2D eigenvalue weighted by Gasteiger charge is 2.52. The first-order valence-electron chi connectivity index (χ1n) is 8.47. The van der Waals surface area contributed by atoms with Crippen LogP contribution in [-0.4, -0.2) is 44.9 Å². The Balaban J connectivity index is 1.81. The van der Waals surface area contributed by atoms with E-state index in [4.69, 9.17) is 23.5 Å². The highest BCUT2D eigenvalue weighted by atomic mass is 16.7. The molecule has 3 rings (SSSR count). The number of rotatable bonds is 4. The average molecular weight is 348 g/mol. The van der Waals surface area contributed by atoms with Crippen molar-refractivity contribution in [3.05, 3.63) is 17.7 Å². The molecule has 1 saturated heterocycles. The van der Waals surface area contributed by atoms with Crippen molar-refractivity contribution in [3.63, 3.8) is 0 Å². The Morgan fingerprint density at radius 2 is 1.76 bits per heavy atom. The van der Waals surface area contributed by atoms with Gasteiger partial charge < -0.3 is 23.5 Å². The van der Waals surface area contributed by atoms with Gasteiger partial charge in [0.1, 0.15) is 22.8 Å². The molecule has 136 valence electrons. The average Bonchev–Trinajstić information content (AvgIpc) is 2.75. The molecule has 2 aliphatic rings. The fourth-order valence-corrected chi connectivity index (χ4v) is 3.14.